The maximum Gasteiger partial charge on any atom is 0.140 e. The van der Waals surface area contributed by atoms with E-state index in [2.05, 4.69) is 50.3 Å². The van der Waals surface area contributed by atoms with Crippen LogP contribution in [-0.4, -0.2) is 17.6 Å². The molecule has 0 saturated heterocycles. The molecule has 110 valence electrons. The van der Waals surface area contributed by atoms with Crippen molar-refractivity contribution in [2.75, 3.05) is 11.4 Å². The molecular weight excluding hydrogens is 330 g/mol. The lowest BCUT2D eigenvalue weighted by Gasteiger charge is -2.25. The molecule has 4 nitrogen and oxygen atoms in total. The van der Waals surface area contributed by atoms with Crippen LogP contribution in [0.25, 0.3) is 0 Å². The van der Waals surface area contributed by atoms with Gasteiger partial charge in [-0.1, -0.05) is 51.4 Å². The normalized spacial score (nSPS) is 11.4. The van der Waals surface area contributed by atoms with Gasteiger partial charge in [0.2, 0.25) is 0 Å². The highest BCUT2D eigenvalue weighted by Gasteiger charge is 2.08. The molecule has 2 rings (SSSR count). The van der Waals surface area contributed by atoms with Gasteiger partial charge in [0.15, 0.2) is 0 Å². The summed E-state index contributed by atoms with van der Waals surface area (Å²) >= 11 is 3.49. The lowest BCUT2D eigenvalue weighted by molar-refractivity contribution is 0.317. The van der Waals surface area contributed by atoms with E-state index in [1.807, 2.05) is 30.3 Å². The van der Waals surface area contributed by atoms with Gasteiger partial charge >= 0.3 is 0 Å². The molecule has 0 radical (unpaired) electrons. The van der Waals surface area contributed by atoms with Gasteiger partial charge in [-0.15, -0.1) is 0 Å². The number of halogens is 1. The molecule has 2 aromatic carbocycles. The molecule has 0 aliphatic rings. The second kappa shape index (κ2) is 7.69. The highest BCUT2D eigenvalue weighted by molar-refractivity contribution is 9.10. The van der Waals surface area contributed by atoms with Crippen LogP contribution in [0.4, 0.5) is 5.69 Å². The van der Waals surface area contributed by atoms with E-state index in [-0.39, 0.29) is 5.84 Å². The van der Waals surface area contributed by atoms with Gasteiger partial charge in [0.1, 0.15) is 5.84 Å². The maximum atomic E-state index is 8.68. The van der Waals surface area contributed by atoms with E-state index in [1.165, 1.54) is 5.56 Å². The minimum absolute atomic E-state index is 0.241. The van der Waals surface area contributed by atoms with E-state index in [0.717, 1.165) is 16.7 Å². The molecule has 0 unspecified atom stereocenters. The Morgan fingerprint density at radius 3 is 2.57 bits per heavy atom. The zero-order chi connectivity index (χ0) is 15.1. The first-order valence-corrected chi connectivity index (χ1v) is 7.49. The molecule has 0 bridgehead atoms. The second-order valence-electron chi connectivity index (χ2n) is 4.73. The van der Waals surface area contributed by atoms with Gasteiger partial charge in [-0.2, -0.15) is 0 Å². The molecule has 5 heteroatoms. The quantitative estimate of drug-likeness (QED) is 0.363. The van der Waals surface area contributed by atoms with Gasteiger partial charge in [0, 0.05) is 29.7 Å². The Morgan fingerprint density at radius 1 is 1.14 bits per heavy atom. The third-order valence-corrected chi connectivity index (χ3v) is 3.64. The summed E-state index contributed by atoms with van der Waals surface area (Å²) < 4.78 is 1.06. The summed E-state index contributed by atoms with van der Waals surface area (Å²) in [5.74, 6) is 0.241. The van der Waals surface area contributed by atoms with E-state index in [9.17, 15) is 0 Å². The van der Waals surface area contributed by atoms with Crippen LogP contribution in [0.15, 0.2) is 64.2 Å². The zero-order valence-electron chi connectivity index (χ0n) is 11.6. The van der Waals surface area contributed by atoms with Crippen LogP contribution in [0.1, 0.15) is 12.0 Å². The number of anilines is 1. The van der Waals surface area contributed by atoms with E-state index in [4.69, 9.17) is 10.9 Å². The molecule has 0 aliphatic carbocycles. The highest BCUT2D eigenvalue weighted by atomic mass is 79.9. The van der Waals surface area contributed by atoms with Crippen molar-refractivity contribution in [3.05, 3.63) is 64.6 Å². The van der Waals surface area contributed by atoms with Crippen LogP contribution in [0.2, 0.25) is 0 Å². The average molecular weight is 348 g/mol. The number of oxime groups is 1. The Kier molecular flexibility index (Phi) is 5.63. The predicted octanol–water partition coefficient (Wildman–Crippen LogP) is 3.59. The number of hydrogen-bond acceptors (Lipinski definition) is 3. The van der Waals surface area contributed by atoms with Crippen molar-refractivity contribution < 1.29 is 5.21 Å². The molecule has 0 saturated carbocycles. The number of para-hydroxylation sites is 1. The number of nitrogens with zero attached hydrogens (tertiary/aromatic N) is 2. The number of hydrogen-bond donors (Lipinski definition) is 2. The minimum Gasteiger partial charge on any atom is -0.409 e. The second-order valence-corrected chi connectivity index (χ2v) is 5.64. The standard InChI is InChI=1S/C16H18BrN3O/c17-14-6-4-5-13(11-14)12-20(10-9-16(18)19-21)15-7-2-1-3-8-15/h1-8,11,21H,9-10,12H2,(H2,18,19). The van der Waals surface area contributed by atoms with E-state index < -0.39 is 0 Å². The van der Waals surface area contributed by atoms with Crippen molar-refractivity contribution in [1.82, 2.24) is 0 Å². The Balaban J connectivity index is 2.15. The smallest absolute Gasteiger partial charge is 0.140 e. The van der Waals surface area contributed by atoms with Crippen molar-refractivity contribution in [2.45, 2.75) is 13.0 Å². The van der Waals surface area contributed by atoms with Crippen molar-refractivity contribution in [2.24, 2.45) is 10.9 Å². The Hall–Kier alpha value is -2.01. The van der Waals surface area contributed by atoms with Gasteiger partial charge in [0.25, 0.3) is 0 Å². The first-order chi connectivity index (χ1) is 10.2. The van der Waals surface area contributed by atoms with Crippen LogP contribution in [0, 0.1) is 0 Å². The maximum absolute atomic E-state index is 8.68. The molecule has 0 fully saturated rings. The third kappa shape index (κ3) is 4.79. The molecule has 0 aromatic heterocycles. The lowest BCUT2D eigenvalue weighted by Crippen LogP contribution is -2.27. The number of nitrogens with two attached hydrogens (primary N) is 1. The number of benzene rings is 2. The summed E-state index contributed by atoms with van der Waals surface area (Å²) in [6.07, 6.45) is 0.513. The fourth-order valence-corrected chi connectivity index (χ4v) is 2.54. The summed E-state index contributed by atoms with van der Waals surface area (Å²) in [6, 6.07) is 18.3. The van der Waals surface area contributed by atoms with Crippen LogP contribution in [0.3, 0.4) is 0 Å². The number of amidine groups is 1. The molecule has 21 heavy (non-hydrogen) atoms. The summed E-state index contributed by atoms with van der Waals surface area (Å²) in [5.41, 5.74) is 7.90. The molecule has 0 heterocycles. The van der Waals surface area contributed by atoms with Gasteiger partial charge in [-0.05, 0) is 29.8 Å². The predicted molar refractivity (Wildman–Crippen MR) is 89.7 cm³/mol. The molecule has 2 aromatic rings. The molecule has 0 aliphatic heterocycles. The first-order valence-electron chi connectivity index (χ1n) is 6.70. The van der Waals surface area contributed by atoms with Crippen molar-refractivity contribution in [3.63, 3.8) is 0 Å². The summed E-state index contributed by atoms with van der Waals surface area (Å²) in [6.45, 7) is 1.45. The molecule has 0 spiro atoms. The largest absolute Gasteiger partial charge is 0.409 e. The van der Waals surface area contributed by atoms with Crippen molar-refractivity contribution >= 4 is 27.5 Å². The Morgan fingerprint density at radius 2 is 1.90 bits per heavy atom. The van der Waals surface area contributed by atoms with Gasteiger partial charge in [-0.3, -0.25) is 0 Å². The van der Waals surface area contributed by atoms with Gasteiger partial charge in [-0.25, -0.2) is 0 Å². The summed E-state index contributed by atoms with van der Waals surface area (Å²) in [5, 5.41) is 11.7. The van der Waals surface area contributed by atoms with Crippen LogP contribution >= 0.6 is 15.9 Å². The minimum atomic E-state index is 0.241. The molecular formula is C16H18BrN3O. The van der Waals surface area contributed by atoms with Crippen molar-refractivity contribution in [1.29, 1.82) is 0 Å². The van der Waals surface area contributed by atoms with Crippen LogP contribution in [-0.2, 0) is 6.54 Å². The summed E-state index contributed by atoms with van der Waals surface area (Å²) in [7, 11) is 0. The lowest BCUT2D eigenvalue weighted by atomic mass is 10.2. The fourth-order valence-electron chi connectivity index (χ4n) is 2.09. The van der Waals surface area contributed by atoms with Crippen molar-refractivity contribution in [3.8, 4) is 0 Å². The average Bonchev–Trinajstić information content (AvgIpc) is 2.52. The topological polar surface area (TPSA) is 61.8 Å². The van der Waals surface area contributed by atoms with Gasteiger partial charge < -0.3 is 15.8 Å². The zero-order valence-corrected chi connectivity index (χ0v) is 13.2. The van der Waals surface area contributed by atoms with E-state index >= 15 is 0 Å². The van der Waals surface area contributed by atoms with Gasteiger partial charge in [0.05, 0.1) is 0 Å². The van der Waals surface area contributed by atoms with E-state index in [0.29, 0.717) is 13.0 Å². The Bertz CT molecular complexity index is 601. The Labute approximate surface area is 133 Å². The SMILES string of the molecule is N/C(CCN(Cc1cccc(Br)c1)c1ccccc1)=N\O. The first kappa shape index (κ1) is 15.4. The number of rotatable bonds is 6. The molecule has 0 amide bonds. The third-order valence-electron chi connectivity index (χ3n) is 3.15. The van der Waals surface area contributed by atoms with E-state index in [1.54, 1.807) is 0 Å². The van der Waals surface area contributed by atoms with Crippen LogP contribution < -0.4 is 10.6 Å². The molecule has 0 atom stereocenters. The van der Waals surface area contributed by atoms with Crippen LogP contribution in [0.5, 0.6) is 0 Å². The fraction of sp³-hybridized carbons (Fsp3) is 0.188. The highest BCUT2D eigenvalue weighted by Crippen LogP contribution is 2.19. The molecule has 3 N–H and O–H groups in total. The summed E-state index contributed by atoms with van der Waals surface area (Å²) in [4.78, 5) is 2.21. The monoisotopic (exact) mass is 347 g/mol.